The molecular formula is C28H29N3O4. The summed E-state index contributed by atoms with van der Waals surface area (Å²) in [6.07, 6.45) is 0.233. The second-order valence-corrected chi connectivity index (χ2v) is 8.34. The van der Waals surface area contributed by atoms with E-state index in [4.69, 9.17) is 9.47 Å². The number of hydrogen-bond donors (Lipinski definition) is 0. The fourth-order valence-corrected chi connectivity index (χ4v) is 3.95. The van der Waals surface area contributed by atoms with Gasteiger partial charge in [-0.25, -0.2) is 14.5 Å². The molecular weight excluding hydrogens is 442 g/mol. The molecule has 35 heavy (non-hydrogen) atoms. The summed E-state index contributed by atoms with van der Waals surface area (Å²) in [5.74, 6) is 0.206. The van der Waals surface area contributed by atoms with Gasteiger partial charge in [-0.05, 0) is 43.0 Å². The van der Waals surface area contributed by atoms with Gasteiger partial charge in [0.15, 0.2) is 0 Å². The number of amides is 2. The lowest BCUT2D eigenvalue weighted by atomic mass is 10.2. The molecule has 1 fully saturated rings. The van der Waals surface area contributed by atoms with Crippen LogP contribution in [0.25, 0.3) is 0 Å². The Balaban J connectivity index is 1.61. The van der Waals surface area contributed by atoms with Crippen LogP contribution in [0.5, 0.6) is 0 Å². The van der Waals surface area contributed by atoms with Gasteiger partial charge in [0, 0.05) is 18.3 Å². The van der Waals surface area contributed by atoms with Crippen LogP contribution in [-0.2, 0) is 22.7 Å². The first-order valence-corrected chi connectivity index (χ1v) is 11.7. The van der Waals surface area contributed by atoms with Crippen molar-refractivity contribution < 1.29 is 19.1 Å². The van der Waals surface area contributed by atoms with Gasteiger partial charge < -0.3 is 14.4 Å². The van der Waals surface area contributed by atoms with Crippen LogP contribution in [0.3, 0.4) is 0 Å². The van der Waals surface area contributed by atoms with Crippen LogP contribution in [0.15, 0.2) is 96.0 Å². The van der Waals surface area contributed by atoms with Gasteiger partial charge in [0.1, 0.15) is 13.2 Å². The molecule has 180 valence electrons. The predicted octanol–water partition coefficient (Wildman–Crippen LogP) is 6.01. The van der Waals surface area contributed by atoms with Crippen LogP contribution >= 0.6 is 0 Å². The standard InChI is InChI=1S/C28H29N3O4/c1-22-12-11-19-30(25-17-9-4-10-18-25)26(29-27(32)34-20-23-13-5-2-6-14-23)31(22)28(33)35-21-24-15-7-3-8-16-24/h2-10,13-18,22H,11-12,19-21H2,1H3/b29-26+. The molecule has 3 aromatic carbocycles. The lowest BCUT2D eigenvalue weighted by Gasteiger charge is -2.32. The largest absolute Gasteiger partial charge is 0.444 e. The molecule has 4 rings (SSSR count). The zero-order valence-corrected chi connectivity index (χ0v) is 19.7. The first-order valence-electron chi connectivity index (χ1n) is 11.7. The van der Waals surface area contributed by atoms with Crippen LogP contribution < -0.4 is 4.90 Å². The topological polar surface area (TPSA) is 71.4 Å². The van der Waals surface area contributed by atoms with Crippen LogP contribution in [0.4, 0.5) is 15.3 Å². The quantitative estimate of drug-likeness (QED) is 0.456. The lowest BCUT2D eigenvalue weighted by Crippen LogP contribution is -2.50. The molecule has 3 aromatic rings. The number of benzene rings is 3. The summed E-state index contributed by atoms with van der Waals surface area (Å²) in [7, 11) is 0. The van der Waals surface area contributed by atoms with E-state index in [0.717, 1.165) is 29.7 Å². The molecule has 1 aliphatic heterocycles. The summed E-state index contributed by atoms with van der Waals surface area (Å²) in [6, 6.07) is 28.3. The number of anilines is 1. The van der Waals surface area contributed by atoms with E-state index in [2.05, 4.69) is 4.99 Å². The first-order chi connectivity index (χ1) is 17.1. The molecule has 0 radical (unpaired) electrons. The van der Waals surface area contributed by atoms with E-state index in [0.29, 0.717) is 6.54 Å². The Morgan fingerprint density at radius 3 is 1.97 bits per heavy atom. The second kappa shape index (κ2) is 11.8. The Morgan fingerprint density at radius 2 is 1.37 bits per heavy atom. The molecule has 1 atom stereocenters. The molecule has 1 saturated heterocycles. The number of carbonyl (C=O) groups is 2. The maximum atomic E-state index is 13.3. The number of carbonyl (C=O) groups excluding carboxylic acids is 2. The van der Waals surface area contributed by atoms with Gasteiger partial charge in [0.25, 0.3) is 0 Å². The Morgan fingerprint density at radius 1 is 0.829 bits per heavy atom. The molecule has 0 aliphatic carbocycles. The summed E-state index contributed by atoms with van der Waals surface area (Å²) in [6.45, 7) is 2.75. The highest BCUT2D eigenvalue weighted by molar-refractivity contribution is 6.08. The average molecular weight is 472 g/mol. The fourth-order valence-electron chi connectivity index (χ4n) is 3.95. The SMILES string of the molecule is CC1CCCN(c2ccccc2)/C(=N\C(=O)OCc2ccccc2)N1C(=O)OCc1ccccc1. The highest BCUT2D eigenvalue weighted by Crippen LogP contribution is 2.24. The highest BCUT2D eigenvalue weighted by atomic mass is 16.6. The Hall–Kier alpha value is -4.13. The van der Waals surface area contributed by atoms with Crippen molar-refractivity contribution >= 4 is 23.8 Å². The summed E-state index contributed by atoms with van der Waals surface area (Å²) >= 11 is 0. The van der Waals surface area contributed by atoms with Crippen molar-refractivity contribution in [2.45, 2.75) is 39.0 Å². The summed E-state index contributed by atoms with van der Waals surface area (Å²) in [4.78, 5) is 33.8. The molecule has 0 spiro atoms. The van der Waals surface area contributed by atoms with E-state index in [-0.39, 0.29) is 25.2 Å². The monoisotopic (exact) mass is 471 g/mol. The summed E-state index contributed by atoms with van der Waals surface area (Å²) in [5.41, 5.74) is 2.57. The van der Waals surface area contributed by atoms with E-state index in [1.165, 1.54) is 4.90 Å². The molecule has 0 bridgehead atoms. The van der Waals surface area contributed by atoms with E-state index in [9.17, 15) is 9.59 Å². The third-order valence-electron chi connectivity index (χ3n) is 5.77. The molecule has 0 N–H and O–H groups in total. The second-order valence-electron chi connectivity index (χ2n) is 8.34. The minimum absolute atomic E-state index is 0.0931. The van der Waals surface area contributed by atoms with E-state index >= 15 is 0 Å². The minimum atomic E-state index is -0.764. The Kier molecular flexibility index (Phi) is 8.12. The average Bonchev–Trinajstić information content (AvgIpc) is 3.06. The third kappa shape index (κ3) is 6.47. The normalized spacial score (nSPS) is 17.1. The maximum absolute atomic E-state index is 13.3. The lowest BCUT2D eigenvalue weighted by molar-refractivity contribution is 0.106. The number of hydrogen-bond acceptors (Lipinski definition) is 4. The van der Waals surface area contributed by atoms with Crippen LogP contribution in [-0.4, -0.2) is 35.6 Å². The van der Waals surface area contributed by atoms with Crippen molar-refractivity contribution in [3.8, 4) is 0 Å². The van der Waals surface area contributed by atoms with E-state index < -0.39 is 12.2 Å². The van der Waals surface area contributed by atoms with Crippen molar-refractivity contribution in [1.29, 1.82) is 0 Å². The van der Waals surface area contributed by atoms with Gasteiger partial charge in [0.05, 0.1) is 0 Å². The number of guanidine groups is 1. The summed E-state index contributed by atoms with van der Waals surface area (Å²) in [5, 5.41) is 0. The van der Waals surface area contributed by atoms with Crippen LogP contribution in [0, 0.1) is 0 Å². The van der Waals surface area contributed by atoms with Crippen LogP contribution in [0.2, 0.25) is 0 Å². The van der Waals surface area contributed by atoms with Crippen molar-refractivity contribution in [2.24, 2.45) is 4.99 Å². The van der Waals surface area contributed by atoms with Crippen molar-refractivity contribution in [3.63, 3.8) is 0 Å². The van der Waals surface area contributed by atoms with Gasteiger partial charge in [-0.2, -0.15) is 0 Å². The Labute approximate surface area is 205 Å². The molecule has 7 nitrogen and oxygen atoms in total. The number of ether oxygens (including phenoxy) is 2. The molecule has 1 heterocycles. The fraction of sp³-hybridized carbons (Fsp3) is 0.250. The molecule has 7 heteroatoms. The van der Waals surface area contributed by atoms with E-state index in [1.54, 1.807) is 0 Å². The number of aliphatic imine (C=N–C) groups is 1. The van der Waals surface area contributed by atoms with Crippen molar-refractivity contribution in [1.82, 2.24) is 4.90 Å². The zero-order chi connectivity index (χ0) is 24.5. The van der Waals surface area contributed by atoms with Gasteiger partial charge >= 0.3 is 12.2 Å². The first kappa shape index (κ1) is 24.0. The van der Waals surface area contributed by atoms with Gasteiger partial charge in [-0.1, -0.05) is 78.9 Å². The van der Waals surface area contributed by atoms with Gasteiger partial charge in [-0.15, -0.1) is 4.99 Å². The van der Waals surface area contributed by atoms with Crippen molar-refractivity contribution in [3.05, 3.63) is 102 Å². The predicted molar refractivity (Wildman–Crippen MR) is 135 cm³/mol. The zero-order valence-electron chi connectivity index (χ0n) is 19.7. The number of para-hydroxylation sites is 1. The molecule has 1 aliphatic rings. The minimum Gasteiger partial charge on any atom is -0.444 e. The molecule has 0 saturated carbocycles. The molecule has 2 amide bonds. The molecule has 0 aromatic heterocycles. The van der Waals surface area contributed by atoms with Gasteiger partial charge in [-0.3, -0.25) is 0 Å². The number of rotatable bonds is 5. The van der Waals surface area contributed by atoms with Crippen molar-refractivity contribution in [2.75, 3.05) is 11.4 Å². The van der Waals surface area contributed by atoms with E-state index in [1.807, 2.05) is 103 Å². The highest BCUT2D eigenvalue weighted by Gasteiger charge is 2.34. The van der Waals surface area contributed by atoms with Crippen LogP contribution in [0.1, 0.15) is 30.9 Å². The smallest absolute Gasteiger partial charge is 0.437 e. The molecule has 1 unspecified atom stereocenters. The summed E-state index contributed by atoms with van der Waals surface area (Å²) < 4.78 is 11.1. The maximum Gasteiger partial charge on any atom is 0.437 e. The third-order valence-corrected chi connectivity index (χ3v) is 5.77. The number of nitrogens with zero attached hydrogens (tertiary/aromatic N) is 3. The Bertz CT molecular complexity index is 1140. The van der Waals surface area contributed by atoms with Gasteiger partial charge in [0.2, 0.25) is 5.96 Å².